The lowest BCUT2D eigenvalue weighted by molar-refractivity contribution is 0.0331. The summed E-state index contributed by atoms with van der Waals surface area (Å²) < 4.78 is 10.8. The molecule has 0 bridgehead atoms. The van der Waals surface area contributed by atoms with E-state index in [-0.39, 0.29) is 11.3 Å². The highest BCUT2D eigenvalue weighted by molar-refractivity contribution is 5.96. The molecule has 1 aliphatic rings. The summed E-state index contributed by atoms with van der Waals surface area (Å²) in [6.07, 6.45) is 9.68. The molecule has 1 fully saturated rings. The maximum atomic E-state index is 12.7. The van der Waals surface area contributed by atoms with E-state index >= 15 is 0 Å². The average Bonchev–Trinajstić information content (AvgIpc) is 2.66. The molecule has 4 heteroatoms. The first-order chi connectivity index (χ1) is 12.2. The molecule has 134 valence electrons. The minimum absolute atomic E-state index is 0.123. The molecule has 1 aliphatic heterocycles. The largest absolute Gasteiger partial charge is 0.496 e. The summed E-state index contributed by atoms with van der Waals surface area (Å²) in [6, 6.07) is 7.26. The van der Waals surface area contributed by atoms with Gasteiger partial charge >= 0.3 is 0 Å². The second kappa shape index (κ2) is 9.23. The summed E-state index contributed by atoms with van der Waals surface area (Å²) in [6.45, 7) is 7.76. The zero-order valence-corrected chi connectivity index (χ0v) is 15.1. The maximum Gasteiger partial charge on any atom is 0.255 e. The van der Waals surface area contributed by atoms with Gasteiger partial charge < -0.3 is 14.8 Å². The van der Waals surface area contributed by atoms with Crippen LogP contribution in [0.3, 0.4) is 0 Å². The SMILES string of the molecule is C=C/C=C(\C=C/C)C1(CNC(=O)c2ccccc2OC)CCOCC1. The van der Waals surface area contributed by atoms with Crippen molar-refractivity contribution in [1.82, 2.24) is 5.32 Å². The number of methoxy groups -OCH3 is 1. The second-order valence-corrected chi connectivity index (χ2v) is 6.13. The van der Waals surface area contributed by atoms with Gasteiger partial charge in [0.1, 0.15) is 5.75 Å². The predicted molar refractivity (Wildman–Crippen MR) is 101 cm³/mol. The lowest BCUT2D eigenvalue weighted by Gasteiger charge is -2.38. The van der Waals surface area contributed by atoms with E-state index in [2.05, 4.69) is 18.0 Å². The van der Waals surface area contributed by atoms with Gasteiger partial charge in [-0.25, -0.2) is 0 Å². The molecule has 0 radical (unpaired) electrons. The van der Waals surface area contributed by atoms with Gasteiger partial charge in [-0.1, -0.05) is 43.0 Å². The molecular formula is C21H27NO3. The summed E-state index contributed by atoms with van der Waals surface area (Å²) in [5, 5.41) is 3.10. The summed E-state index contributed by atoms with van der Waals surface area (Å²) >= 11 is 0. The highest BCUT2D eigenvalue weighted by Crippen LogP contribution is 2.38. The molecule has 4 nitrogen and oxygen atoms in total. The van der Waals surface area contributed by atoms with Gasteiger partial charge in [-0.05, 0) is 37.5 Å². The van der Waals surface area contributed by atoms with Crippen molar-refractivity contribution in [3.8, 4) is 5.75 Å². The number of carbonyl (C=O) groups is 1. The molecule has 0 unspecified atom stereocenters. The minimum atomic E-state index is -0.142. The topological polar surface area (TPSA) is 47.6 Å². The van der Waals surface area contributed by atoms with Crippen molar-refractivity contribution >= 4 is 5.91 Å². The highest BCUT2D eigenvalue weighted by Gasteiger charge is 2.35. The molecule has 1 aromatic carbocycles. The third-order valence-electron chi connectivity index (χ3n) is 4.64. The zero-order chi connectivity index (χ0) is 18.1. The molecule has 0 aliphatic carbocycles. The summed E-state index contributed by atoms with van der Waals surface area (Å²) in [7, 11) is 1.57. The van der Waals surface area contributed by atoms with E-state index in [0.717, 1.165) is 12.8 Å². The number of hydrogen-bond donors (Lipinski definition) is 1. The Hall–Kier alpha value is -2.33. The number of carbonyl (C=O) groups excluding carboxylic acids is 1. The number of rotatable bonds is 7. The van der Waals surface area contributed by atoms with E-state index in [1.54, 1.807) is 25.3 Å². The second-order valence-electron chi connectivity index (χ2n) is 6.13. The lowest BCUT2D eigenvalue weighted by Crippen LogP contribution is -2.42. The number of hydrogen-bond acceptors (Lipinski definition) is 3. The number of amides is 1. The number of nitrogens with one attached hydrogen (secondary N) is 1. The van der Waals surface area contributed by atoms with Gasteiger partial charge in [-0.15, -0.1) is 0 Å². The predicted octanol–water partition coefficient (Wildman–Crippen LogP) is 3.91. The van der Waals surface area contributed by atoms with E-state index in [1.165, 1.54) is 5.57 Å². The zero-order valence-electron chi connectivity index (χ0n) is 15.1. The van der Waals surface area contributed by atoms with Crippen molar-refractivity contribution in [3.05, 3.63) is 66.3 Å². The van der Waals surface area contributed by atoms with Crippen molar-refractivity contribution in [2.24, 2.45) is 5.41 Å². The van der Waals surface area contributed by atoms with Gasteiger partial charge in [-0.3, -0.25) is 4.79 Å². The first-order valence-corrected chi connectivity index (χ1v) is 8.62. The van der Waals surface area contributed by atoms with E-state index in [0.29, 0.717) is 31.1 Å². The molecule has 0 spiro atoms. The van der Waals surface area contributed by atoms with Gasteiger partial charge in [0.25, 0.3) is 5.91 Å². The summed E-state index contributed by atoms with van der Waals surface area (Å²) in [5.74, 6) is 0.457. The Balaban J connectivity index is 2.21. The number of ether oxygens (including phenoxy) is 2. The molecular weight excluding hydrogens is 314 g/mol. The van der Waals surface area contributed by atoms with Crippen molar-refractivity contribution < 1.29 is 14.3 Å². The number of allylic oxidation sites excluding steroid dienone is 4. The molecule has 0 saturated carbocycles. The van der Waals surface area contributed by atoms with Crippen LogP contribution in [-0.4, -0.2) is 32.8 Å². The lowest BCUT2D eigenvalue weighted by atomic mass is 9.73. The Bertz CT molecular complexity index is 655. The molecule has 0 atom stereocenters. The average molecular weight is 341 g/mol. The molecule has 2 rings (SSSR count). The molecule has 1 heterocycles. The van der Waals surface area contributed by atoms with Crippen LogP contribution in [0.25, 0.3) is 0 Å². The third kappa shape index (κ3) is 4.60. The Labute approximate surface area is 150 Å². The van der Waals surface area contributed by atoms with Crippen LogP contribution in [0, 0.1) is 5.41 Å². The van der Waals surface area contributed by atoms with E-state index in [1.807, 2.05) is 31.2 Å². The Morgan fingerprint density at radius 3 is 2.72 bits per heavy atom. The molecule has 1 amide bonds. The Morgan fingerprint density at radius 2 is 2.08 bits per heavy atom. The summed E-state index contributed by atoms with van der Waals surface area (Å²) in [5.41, 5.74) is 1.58. The number of para-hydroxylation sites is 1. The normalized spacial score (nSPS) is 17.3. The van der Waals surface area contributed by atoms with Crippen LogP contribution < -0.4 is 10.1 Å². The Morgan fingerprint density at radius 1 is 1.36 bits per heavy atom. The molecule has 0 aromatic heterocycles. The van der Waals surface area contributed by atoms with E-state index < -0.39 is 0 Å². The van der Waals surface area contributed by atoms with Gasteiger partial charge in [-0.2, -0.15) is 0 Å². The van der Waals surface area contributed by atoms with Crippen molar-refractivity contribution in [1.29, 1.82) is 0 Å². The quantitative estimate of drug-likeness (QED) is 0.765. The van der Waals surface area contributed by atoms with Crippen molar-refractivity contribution in [2.45, 2.75) is 19.8 Å². The highest BCUT2D eigenvalue weighted by atomic mass is 16.5. The maximum absolute atomic E-state index is 12.7. The molecule has 1 N–H and O–H groups in total. The van der Waals surface area contributed by atoms with Crippen LogP contribution in [0.2, 0.25) is 0 Å². The van der Waals surface area contributed by atoms with Gasteiger partial charge in [0.15, 0.2) is 0 Å². The minimum Gasteiger partial charge on any atom is -0.496 e. The smallest absolute Gasteiger partial charge is 0.255 e. The fraction of sp³-hybridized carbons (Fsp3) is 0.381. The van der Waals surface area contributed by atoms with Crippen molar-refractivity contribution in [3.63, 3.8) is 0 Å². The van der Waals surface area contributed by atoms with Crippen LogP contribution in [0.4, 0.5) is 0 Å². The van der Waals surface area contributed by atoms with Crippen molar-refractivity contribution in [2.75, 3.05) is 26.9 Å². The van der Waals surface area contributed by atoms with E-state index in [4.69, 9.17) is 9.47 Å². The van der Waals surface area contributed by atoms with Crippen LogP contribution in [0.5, 0.6) is 5.75 Å². The van der Waals surface area contributed by atoms with E-state index in [9.17, 15) is 4.79 Å². The number of benzene rings is 1. The van der Waals surface area contributed by atoms with Gasteiger partial charge in [0.05, 0.1) is 12.7 Å². The first-order valence-electron chi connectivity index (χ1n) is 8.62. The fourth-order valence-electron chi connectivity index (χ4n) is 3.22. The van der Waals surface area contributed by atoms with Crippen LogP contribution in [-0.2, 0) is 4.74 Å². The third-order valence-corrected chi connectivity index (χ3v) is 4.64. The van der Waals surface area contributed by atoms with Gasteiger partial charge in [0, 0.05) is 25.2 Å². The Kier molecular flexibility index (Phi) is 7.02. The fourth-order valence-corrected chi connectivity index (χ4v) is 3.22. The summed E-state index contributed by atoms with van der Waals surface area (Å²) in [4.78, 5) is 12.7. The molecule has 25 heavy (non-hydrogen) atoms. The molecule has 1 aromatic rings. The standard InChI is InChI=1S/C21H27NO3/c1-4-8-17(9-5-2)21(12-14-25-15-13-21)16-22-20(23)18-10-6-7-11-19(18)24-3/h4-11H,1,12-16H2,2-3H3,(H,22,23)/b9-5-,17-8+. The van der Waals surface area contributed by atoms with Crippen LogP contribution in [0.1, 0.15) is 30.1 Å². The monoisotopic (exact) mass is 341 g/mol. The molecule has 1 saturated heterocycles. The van der Waals surface area contributed by atoms with Crippen LogP contribution in [0.15, 0.2) is 60.7 Å². The van der Waals surface area contributed by atoms with Crippen LogP contribution >= 0.6 is 0 Å². The first kappa shape index (κ1) is 19.0. The van der Waals surface area contributed by atoms with Gasteiger partial charge in [0.2, 0.25) is 0 Å².